The third-order valence-electron chi connectivity index (χ3n) is 2.94. The summed E-state index contributed by atoms with van der Waals surface area (Å²) in [6.45, 7) is -1.59. The van der Waals surface area contributed by atoms with Crippen molar-refractivity contribution in [1.82, 2.24) is 0 Å². The highest BCUT2D eigenvalue weighted by atomic mass is 35.5. The average molecular weight is 440 g/mol. The molecule has 0 aliphatic heterocycles. The van der Waals surface area contributed by atoms with Crippen LogP contribution in [0.2, 0.25) is 10.0 Å². The maximum Gasteiger partial charge on any atom is 0.422 e. The van der Waals surface area contributed by atoms with Gasteiger partial charge in [0.15, 0.2) is 11.7 Å². The Morgan fingerprint density at radius 1 is 1.19 bits per heavy atom. The Bertz CT molecular complexity index is 881. The SMILES string of the molecule is O=[N+]([O-])c1cc(NC(=S)Nc2cc(Cl)ccc2Cl)cc(OCC(F)(F)F)c1. The van der Waals surface area contributed by atoms with Gasteiger partial charge in [-0.1, -0.05) is 23.2 Å². The molecule has 0 bridgehead atoms. The number of ether oxygens (including phenoxy) is 1. The second-order valence-electron chi connectivity index (χ2n) is 5.08. The Balaban J connectivity index is 2.18. The summed E-state index contributed by atoms with van der Waals surface area (Å²) in [6.07, 6.45) is -4.58. The fourth-order valence-electron chi connectivity index (χ4n) is 1.89. The zero-order valence-corrected chi connectivity index (χ0v) is 15.5. The van der Waals surface area contributed by atoms with E-state index >= 15 is 0 Å². The van der Waals surface area contributed by atoms with Gasteiger partial charge in [-0.05, 0) is 30.4 Å². The number of hydrogen-bond donors (Lipinski definition) is 2. The van der Waals surface area contributed by atoms with Gasteiger partial charge in [0.2, 0.25) is 0 Å². The predicted molar refractivity (Wildman–Crippen MR) is 101 cm³/mol. The minimum Gasteiger partial charge on any atom is -0.484 e. The summed E-state index contributed by atoms with van der Waals surface area (Å²) in [5.41, 5.74) is -0.0431. The summed E-state index contributed by atoms with van der Waals surface area (Å²) in [6, 6.07) is 7.71. The van der Waals surface area contributed by atoms with Crippen LogP contribution in [-0.4, -0.2) is 22.8 Å². The van der Waals surface area contributed by atoms with E-state index in [1.165, 1.54) is 12.1 Å². The van der Waals surface area contributed by atoms with Gasteiger partial charge in [-0.15, -0.1) is 0 Å². The van der Waals surface area contributed by atoms with Gasteiger partial charge in [-0.3, -0.25) is 10.1 Å². The molecule has 0 heterocycles. The summed E-state index contributed by atoms with van der Waals surface area (Å²) < 4.78 is 41.5. The highest BCUT2D eigenvalue weighted by Gasteiger charge is 2.28. The Morgan fingerprint density at radius 2 is 1.89 bits per heavy atom. The molecular weight excluding hydrogens is 430 g/mol. The zero-order chi connectivity index (χ0) is 20.2. The number of halogens is 5. The van der Waals surface area contributed by atoms with E-state index in [4.69, 9.17) is 35.4 Å². The highest BCUT2D eigenvalue weighted by molar-refractivity contribution is 7.80. The molecule has 2 N–H and O–H groups in total. The first-order chi connectivity index (χ1) is 12.5. The predicted octanol–water partition coefficient (Wildman–Crippen LogP) is 5.65. The summed E-state index contributed by atoms with van der Waals surface area (Å²) in [5.74, 6) is -0.340. The number of non-ortho nitro benzene ring substituents is 1. The van der Waals surface area contributed by atoms with E-state index in [1.807, 2.05) is 0 Å². The van der Waals surface area contributed by atoms with Crippen molar-refractivity contribution in [3.05, 3.63) is 56.6 Å². The first-order valence-corrected chi connectivity index (χ1v) is 8.22. The van der Waals surface area contributed by atoms with Gasteiger partial charge >= 0.3 is 6.18 Å². The van der Waals surface area contributed by atoms with E-state index in [2.05, 4.69) is 15.4 Å². The molecule has 0 fully saturated rings. The number of nitrogens with one attached hydrogen (secondary N) is 2. The number of alkyl halides is 3. The normalized spacial score (nSPS) is 11.0. The van der Waals surface area contributed by atoms with Crippen LogP contribution in [0.25, 0.3) is 0 Å². The smallest absolute Gasteiger partial charge is 0.422 e. The lowest BCUT2D eigenvalue weighted by molar-refractivity contribution is -0.384. The fourth-order valence-corrected chi connectivity index (χ4v) is 2.45. The van der Waals surface area contributed by atoms with Gasteiger partial charge in [0.25, 0.3) is 5.69 Å². The minimum atomic E-state index is -4.58. The lowest BCUT2D eigenvalue weighted by Gasteiger charge is -2.14. The Hall–Kier alpha value is -2.30. The van der Waals surface area contributed by atoms with Crippen molar-refractivity contribution in [3.63, 3.8) is 0 Å². The molecule has 0 aromatic heterocycles. The monoisotopic (exact) mass is 439 g/mol. The number of nitro benzene ring substituents is 1. The number of nitrogens with zero attached hydrogens (tertiary/aromatic N) is 1. The largest absolute Gasteiger partial charge is 0.484 e. The quantitative estimate of drug-likeness (QED) is 0.356. The number of rotatable bonds is 5. The molecule has 0 aliphatic carbocycles. The number of benzene rings is 2. The second kappa shape index (κ2) is 8.59. The first kappa shape index (κ1) is 21.0. The van der Waals surface area contributed by atoms with Crippen molar-refractivity contribution < 1.29 is 22.8 Å². The van der Waals surface area contributed by atoms with Gasteiger partial charge in [0.1, 0.15) is 5.75 Å². The molecule has 0 aliphatic rings. The molecule has 0 spiro atoms. The van der Waals surface area contributed by atoms with Crippen LogP contribution in [0.5, 0.6) is 5.75 Å². The van der Waals surface area contributed by atoms with Gasteiger partial charge in [-0.25, -0.2) is 0 Å². The number of nitro groups is 1. The van der Waals surface area contributed by atoms with Crippen LogP contribution in [0.4, 0.5) is 30.2 Å². The minimum absolute atomic E-state index is 0.0126. The van der Waals surface area contributed by atoms with Crippen molar-refractivity contribution in [2.24, 2.45) is 0 Å². The molecule has 0 saturated carbocycles. The van der Waals surface area contributed by atoms with Gasteiger partial charge < -0.3 is 15.4 Å². The van der Waals surface area contributed by atoms with E-state index in [1.54, 1.807) is 6.07 Å². The van der Waals surface area contributed by atoms with Crippen molar-refractivity contribution >= 4 is 57.6 Å². The molecule has 0 amide bonds. The lowest BCUT2D eigenvalue weighted by Crippen LogP contribution is -2.20. The summed E-state index contributed by atoms with van der Waals surface area (Å²) in [4.78, 5) is 10.2. The van der Waals surface area contributed by atoms with E-state index in [9.17, 15) is 23.3 Å². The number of thiocarbonyl (C=S) groups is 1. The summed E-state index contributed by atoms with van der Waals surface area (Å²) in [5, 5.41) is 17.0. The molecule has 6 nitrogen and oxygen atoms in total. The molecule has 0 radical (unpaired) electrons. The van der Waals surface area contributed by atoms with Gasteiger partial charge in [0, 0.05) is 17.2 Å². The van der Waals surface area contributed by atoms with E-state index < -0.39 is 23.4 Å². The van der Waals surface area contributed by atoms with E-state index in [0.717, 1.165) is 18.2 Å². The van der Waals surface area contributed by atoms with Crippen LogP contribution in [0, 0.1) is 10.1 Å². The number of hydrogen-bond acceptors (Lipinski definition) is 4. The second-order valence-corrected chi connectivity index (χ2v) is 6.33. The number of anilines is 2. The molecule has 0 unspecified atom stereocenters. The highest BCUT2D eigenvalue weighted by Crippen LogP contribution is 2.29. The van der Waals surface area contributed by atoms with Crippen LogP contribution >= 0.6 is 35.4 Å². The van der Waals surface area contributed by atoms with E-state index in [0.29, 0.717) is 15.7 Å². The molecule has 0 saturated heterocycles. The molecule has 0 atom stereocenters. The molecule has 2 aromatic rings. The van der Waals surface area contributed by atoms with Crippen LogP contribution in [0.3, 0.4) is 0 Å². The van der Waals surface area contributed by atoms with Crippen LogP contribution in [0.15, 0.2) is 36.4 Å². The lowest BCUT2D eigenvalue weighted by atomic mass is 10.2. The van der Waals surface area contributed by atoms with Gasteiger partial charge in [-0.2, -0.15) is 13.2 Å². The van der Waals surface area contributed by atoms with Crippen LogP contribution in [-0.2, 0) is 0 Å². The molecule has 144 valence electrons. The van der Waals surface area contributed by atoms with Crippen LogP contribution < -0.4 is 15.4 Å². The Labute approximate surface area is 166 Å². The first-order valence-electron chi connectivity index (χ1n) is 7.05. The maximum atomic E-state index is 12.3. The maximum absolute atomic E-state index is 12.3. The molecule has 27 heavy (non-hydrogen) atoms. The summed E-state index contributed by atoms with van der Waals surface area (Å²) >= 11 is 16.9. The fraction of sp³-hybridized carbons (Fsp3) is 0.133. The molecule has 2 rings (SSSR count). The Kier molecular flexibility index (Phi) is 6.68. The summed E-state index contributed by atoms with van der Waals surface area (Å²) in [7, 11) is 0. The molecule has 2 aromatic carbocycles. The zero-order valence-electron chi connectivity index (χ0n) is 13.1. The van der Waals surface area contributed by atoms with E-state index in [-0.39, 0.29) is 16.5 Å². The van der Waals surface area contributed by atoms with Crippen molar-refractivity contribution in [3.8, 4) is 5.75 Å². The van der Waals surface area contributed by atoms with Crippen molar-refractivity contribution in [1.29, 1.82) is 0 Å². The van der Waals surface area contributed by atoms with Crippen LogP contribution in [0.1, 0.15) is 0 Å². The Morgan fingerprint density at radius 3 is 2.52 bits per heavy atom. The van der Waals surface area contributed by atoms with Gasteiger partial charge in [0.05, 0.1) is 27.4 Å². The topological polar surface area (TPSA) is 76.4 Å². The van der Waals surface area contributed by atoms with Crippen molar-refractivity contribution in [2.75, 3.05) is 17.2 Å². The third kappa shape index (κ3) is 6.74. The molecular formula is C15H10Cl2F3N3O3S. The van der Waals surface area contributed by atoms with Crippen molar-refractivity contribution in [2.45, 2.75) is 6.18 Å². The average Bonchev–Trinajstić information content (AvgIpc) is 2.55. The molecule has 12 heteroatoms. The standard InChI is InChI=1S/C15H10Cl2F3N3O3S/c16-8-1-2-12(17)13(3-8)22-14(27)21-9-4-10(23(24)25)6-11(5-9)26-7-15(18,19)20/h1-6H,7H2,(H2,21,22,27). The third-order valence-corrected chi connectivity index (χ3v) is 3.71.